The molecule has 1 aromatic heterocycles. The molecular formula is C20H19ClN4O3. The van der Waals surface area contributed by atoms with Crippen molar-refractivity contribution in [2.45, 2.75) is 25.0 Å². The van der Waals surface area contributed by atoms with E-state index in [2.05, 4.69) is 15.7 Å². The molecular weight excluding hydrogens is 380 g/mol. The molecule has 1 fully saturated rings. The summed E-state index contributed by atoms with van der Waals surface area (Å²) in [5.41, 5.74) is 1.33. The molecule has 0 aliphatic heterocycles. The van der Waals surface area contributed by atoms with Crippen molar-refractivity contribution in [2.75, 3.05) is 5.32 Å². The van der Waals surface area contributed by atoms with E-state index in [1.807, 2.05) is 19.2 Å². The van der Waals surface area contributed by atoms with Crippen molar-refractivity contribution >= 4 is 40.0 Å². The first-order chi connectivity index (χ1) is 13.4. The van der Waals surface area contributed by atoms with Crippen molar-refractivity contribution in [3.63, 3.8) is 0 Å². The molecule has 3 N–H and O–H groups in total. The van der Waals surface area contributed by atoms with E-state index in [1.54, 1.807) is 35.1 Å². The highest BCUT2D eigenvalue weighted by molar-refractivity contribution is 6.34. The highest BCUT2D eigenvalue weighted by Gasteiger charge is 2.47. The topological polar surface area (TPSA) is 96.3 Å². The summed E-state index contributed by atoms with van der Waals surface area (Å²) < 4.78 is 1.73. The van der Waals surface area contributed by atoms with Crippen molar-refractivity contribution < 1.29 is 14.7 Å². The van der Waals surface area contributed by atoms with Crippen molar-refractivity contribution in [3.05, 3.63) is 58.7 Å². The first kappa shape index (κ1) is 18.5. The Morgan fingerprint density at radius 2 is 2.07 bits per heavy atom. The summed E-state index contributed by atoms with van der Waals surface area (Å²) in [4.78, 5) is 24.7. The molecule has 4 rings (SSSR count). The maximum absolute atomic E-state index is 12.8. The molecule has 2 aromatic carbocycles. The van der Waals surface area contributed by atoms with Gasteiger partial charge in [0.1, 0.15) is 5.60 Å². The molecule has 0 atom stereocenters. The van der Waals surface area contributed by atoms with E-state index in [4.69, 9.17) is 11.6 Å². The average Bonchev–Trinajstić information content (AvgIpc) is 3.33. The number of hydrogen-bond donors (Lipinski definition) is 3. The number of aromatic nitrogens is 2. The molecule has 1 saturated carbocycles. The number of carbonyl (C=O) groups excluding carboxylic acids is 2. The van der Waals surface area contributed by atoms with Crippen molar-refractivity contribution in [2.24, 2.45) is 7.05 Å². The van der Waals surface area contributed by atoms with Gasteiger partial charge in [0.05, 0.1) is 28.0 Å². The summed E-state index contributed by atoms with van der Waals surface area (Å²) in [6.45, 7) is 0.205. The largest absolute Gasteiger partial charge is 0.380 e. The minimum absolute atomic E-state index is 0.205. The molecule has 1 aliphatic rings. The summed E-state index contributed by atoms with van der Waals surface area (Å²) in [6, 6.07) is 10.6. The lowest BCUT2D eigenvalue weighted by Gasteiger charge is -2.12. The van der Waals surface area contributed by atoms with Gasteiger partial charge in [0.25, 0.3) is 11.8 Å². The van der Waals surface area contributed by atoms with Gasteiger partial charge < -0.3 is 15.7 Å². The van der Waals surface area contributed by atoms with Crippen LogP contribution in [0.25, 0.3) is 10.9 Å². The SMILES string of the molecule is Cn1ncc2c(NC(=O)c3cc(CNC(=O)C4(O)CC4)ccc3Cl)cccc21. The van der Waals surface area contributed by atoms with Gasteiger partial charge in [0.15, 0.2) is 0 Å². The highest BCUT2D eigenvalue weighted by Crippen LogP contribution is 2.35. The number of nitrogens with one attached hydrogen (secondary N) is 2. The van der Waals surface area contributed by atoms with E-state index in [1.165, 1.54) is 0 Å². The number of aliphatic hydroxyl groups is 1. The monoisotopic (exact) mass is 398 g/mol. The lowest BCUT2D eigenvalue weighted by molar-refractivity contribution is -0.131. The summed E-state index contributed by atoms with van der Waals surface area (Å²) in [6.07, 6.45) is 2.65. The number of amides is 2. The van der Waals surface area contributed by atoms with Crippen LogP contribution < -0.4 is 10.6 Å². The number of halogens is 1. The van der Waals surface area contributed by atoms with Gasteiger partial charge in [-0.05, 0) is 42.7 Å². The third kappa shape index (κ3) is 3.46. The number of aryl methyl sites for hydroxylation is 1. The first-order valence-corrected chi connectivity index (χ1v) is 9.26. The second-order valence-electron chi connectivity index (χ2n) is 6.99. The Labute approximate surface area is 166 Å². The maximum atomic E-state index is 12.8. The van der Waals surface area contributed by atoms with Crippen molar-refractivity contribution in [3.8, 4) is 0 Å². The van der Waals surface area contributed by atoms with Crippen LogP contribution in [-0.4, -0.2) is 32.3 Å². The third-order valence-corrected chi connectivity index (χ3v) is 5.24. The molecule has 0 saturated heterocycles. The fourth-order valence-corrected chi connectivity index (χ4v) is 3.23. The van der Waals surface area contributed by atoms with Crippen molar-refractivity contribution in [1.82, 2.24) is 15.1 Å². The summed E-state index contributed by atoms with van der Waals surface area (Å²) in [5.74, 6) is -0.743. The number of rotatable bonds is 5. The number of fused-ring (bicyclic) bond motifs is 1. The van der Waals surface area contributed by atoms with Crippen LogP contribution in [0.3, 0.4) is 0 Å². The zero-order chi connectivity index (χ0) is 19.9. The number of nitrogens with zero attached hydrogens (tertiary/aromatic N) is 2. The minimum Gasteiger partial charge on any atom is -0.380 e. The predicted molar refractivity (Wildman–Crippen MR) is 106 cm³/mol. The highest BCUT2D eigenvalue weighted by atomic mass is 35.5. The second-order valence-corrected chi connectivity index (χ2v) is 7.40. The summed E-state index contributed by atoms with van der Waals surface area (Å²) >= 11 is 6.22. The maximum Gasteiger partial charge on any atom is 0.257 e. The zero-order valence-corrected chi connectivity index (χ0v) is 16.0. The molecule has 0 bridgehead atoms. The average molecular weight is 399 g/mol. The van der Waals surface area contributed by atoms with Crippen LogP contribution in [-0.2, 0) is 18.4 Å². The molecule has 2 amide bonds. The van der Waals surface area contributed by atoms with Crippen LogP contribution >= 0.6 is 11.6 Å². The molecule has 0 spiro atoms. The Kier molecular flexibility index (Phi) is 4.56. The smallest absolute Gasteiger partial charge is 0.257 e. The van der Waals surface area contributed by atoms with Gasteiger partial charge >= 0.3 is 0 Å². The Morgan fingerprint density at radius 3 is 2.82 bits per heavy atom. The summed E-state index contributed by atoms with van der Waals surface area (Å²) in [7, 11) is 1.83. The number of anilines is 1. The van der Waals surface area contributed by atoms with Gasteiger partial charge in [0, 0.05) is 19.0 Å². The van der Waals surface area contributed by atoms with E-state index >= 15 is 0 Å². The lowest BCUT2D eigenvalue weighted by atomic mass is 10.1. The Hall–Kier alpha value is -2.90. The molecule has 0 radical (unpaired) electrons. The molecule has 1 aliphatic carbocycles. The Morgan fingerprint density at radius 1 is 1.29 bits per heavy atom. The van der Waals surface area contributed by atoms with Crippen LogP contribution in [0.2, 0.25) is 5.02 Å². The van der Waals surface area contributed by atoms with E-state index in [9.17, 15) is 14.7 Å². The molecule has 144 valence electrons. The molecule has 1 heterocycles. The molecule has 3 aromatic rings. The van der Waals surface area contributed by atoms with Crippen LogP contribution in [0.15, 0.2) is 42.6 Å². The van der Waals surface area contributed by atoms with Gasteiger partial charge in [0.2, 0.25) is 0 Å². The normalized spacial score (nSPS) is 14.7. The van der Waals surface area contributed by atoms with E-state index in [0.717, 1.165) is 10.9 Å². The molecule has 8 heteroatoms. The standard InChI is InChI=1S/C20H19ClN4O3/c1-25-17-4-2-3-16(14(17)11-23-25)24-18(26)13-9-12(5-6-15(13)21)10-22-19(27)20(28)7-8-20/h2-6,9,11,28H,7-8,10H2,1H3,(H,22,27)(H,24,26). The van der Waals surface area contributed by atoms with E-state index in [0.29, 0.717) is 34.7 Å². The third-order valence-electron chi connectivity index (χ3n) is 4.91. The van der Waals surface area contributed by atoms with Crippen molar-refractivity contribution in [1.29, 1.82) is 0 Å². The fourth-order valence-electron chi connectivity index (χ4n) is 3.02. The fraction of sp³-hybridized carbons (Fsp3) is 0.250. The quantitative estimate of drug-likeness (QED) is 0.615. The van der Waals surface area contributed by atoms with Crippen LogP contribution in [0.1, 0.15) is 28.8 Å². The van der Waals surface area contributed by atoms with E-state index < -0.39 is 11.5 Å². The minimum atomic E-state index is -1.23. The van der Waals surface area contributed by atoms with Gasteiger partial charge in [-0.2, -0.15) is 5.10 Å². The number of benzene rings is 2. The number of hydrogen-bond acceptors (Lipinski definition) is 4. The molecule has 28 heavy (non-hydrogen) atoms. The van der Waals surface area contributed by atoms with Gasteiger partial charge in [-0.3, -0.25) is 14.3 Å². The second kappa shape index (κ2) is 6.92. The van der Waals surface area contributed by atoms with E-state index in [-0.39, 0.29) is 12.5 Å². The van der Waals surface area contributed by atoms with Crippen LogP contribution in [0.4, 0.5) is 5.69 Å². The van der Waals surface area contributed by atoms with Gasteiger partial charge in [-0.15, -0.1) is 0 Å². The van der Waals surface area contributed by atoms with Crippen LogP contribution in [0, 0.1) is 0 Å². The Balaban J connectivity index is 1.52. The summed E-state index contributed by atoms with van der Waals surface area (Å²) in [5, 5.41) is 20.7. The molecule has 0 unspecified atom stereocenters. The van der Waals surface area contributed by atoms with Gasteiger partial charge in [-0.1, -0.05) is 23.7 Å². The predicted octanol–water partition coefficient (Wildman–Crippen LogP) is 2.62. The zero-order valence-electron chi connectivity index (χ0n) is 15.2. The lowest BCUT2D eigenvalue weighted by Crippen LogP contribution is -2.35. The number of carbonyl (C=O) groups is 2. The van der Waals surface area contributed by atoms with Gasteiger partial charge in [-0.25, -0.2) is 0 Å². The Bertz CT molecular complexity index is 1090. The first-order valence-electron chi connectivity index (χ1n) is 8.88. The molecule has 7 nitrogen and oxygen atoms in total. The van der Waals surface area contributed by atoms with Crippen LogP contribution in [0.5, 0.6) is 0 Å².